The molecule has 0 atom stereocenters. The van der Waals surface area contributed by atoms with E-state index in [1.54, 1.807) is 19.2 Å². The third-order valence-electron chi connectivity index (χ3n) is 5.67. The minimum absolute atomic E-state index is 0.0215. The van der Waals surface area contributed by atoms with Gasteiger partial charge in [0, 0.05) is 12.3 Å². The molecule has 1 aliphatic rings. The Labute approximate surface area is 201 Å². The van der Waals surface area contributed by atoms with Gasteiger partial charge in [0.1, 0.15) is 11.4 Å². The number of piperidine rings is 1. The molecular formula is C23H26N8O4. The first-order chi connectivity index (χ1) is 16.7. The van der Waals surface area contributed by atoms with Crippen molar-refractivity contribution in [1.29, 1.82) is 0 Å². The van der Waals surface area contributed by atoms with Crippen molar-refractivity contribution >= 4 is 28.7 Å². The zero-order valence-electron chi connectivity index (χ0n) is 19.5. The molecule has 35 heavy (non-hydrogen) atoms. The van der Waals surface area contributed by atoms with Crippen LogP contribution in [0.15, 0.2) is 43.2 Å². The van der Waals surface area contributed by atoms with Crippen LogP contribution in [0.5, 0.6) is 11.6 Å². The Morgan fingerprint density at radius 1 is 1.29 bits per heavy atom. The monoisotopic (exact) mass is 478 g/mol. The molecule has 2 aromatic heterocycles. The number of likely N-dealkylation sites (tertiary alicyclic amines) is 1. The van der Waals surface area contributed by atoms with Gasteiger partial charge in [-0.15, -0.1) is 0 Å². The molecule has 0 bridgehead atoms. The normalized spacial score (nSPS) is 14.5. The fraction of sp³-hybridized carbons (Fsp3) is 0.304. The van der Waals surface area contributed by atoms with Crippen LogP contribution >= 0.6 is 0 Å². The first kappa shape index (κ1) is 23.8. The van der Waals surface area contributed by atoms with E-state index in [-0.39, 0.29) is 40.6 Å². The predicted octanol–water partition coefficient (Wildman–Crippen LogP) is 3.52. The van der Waals surface area contributed by atoms with Crippen molar-refractivity contribution in [1.82, 2.24) is 24.6 Å². The van der Waals surface area contributed by atoms with Crippen LogP contribution in [-0.4, -0.2) is 55.6 Å². The number of nitrogens with zero attached hydrogens (tertiary/aromatic N) is 6. The van der Waals surface area contributed by atoms with Crippen LogP contribution in [0.3, 0.4) is 0 Å². The number of nitro groups is 1. The SMILES string of the molecule is C=C(C)c1nc(C(N)=O)c(Nc2cnn(C3CCN(C)CC3)c2)nc1Oc1cccc([N+](=O)[O-])c1. The lowest BCUT2D eigenvalue weighted by Gasteiger charge is -2.28. The van der Waals surface area contributed by atoms with Crippen molar-refractivity contribution in [2.24, 2.45) is 5.73 Å². The summed E-state index contributed by atoms with van der Waals surface area (Å²) >= 11 is 0. The molecule has 1 saturated heterocycles. The Morgan fingerprint density at radius 3 is 2.69 bits per heavy atom. The minimum atomic E-state index is -0.785. The summed E-state index contributed by atoms with van der Waals surface area (Å²) in [6, 6.07) is 5.95. The van der Waals surface area contributed by atoms with Gasteiger partial charge >= 0.3 is 0 Å². The lowest BCUT2D eigenvalue weighted by molar-refractivity contribution is -0.384. The standard InChI is InChI=1S/C23H26N8O4/c1-14(2)19-23(35-18-6-4-5-17(11-18)31(33)34)28-22(20(27-19)21(24)32)26-15-12-25-30(13-15)16-7-9-29(3)10-8-16/h4-6,11-13,16H,1,7-10H2,2-3H3,(H2,24,32)(H,26,28). The van der Waals surface area contributed by atoms with Gasteiger partial charge < -0.3 is 20.7 Å². The van der Waals surface area contributed by atoms with Gasteiger partial charge in [0.2, 0.25) is 5.88 Å². The summed E-state index contributed by atoms with van der Waals surface area (Å²) in [6.45, 7) is 7.53. The molecule has 0 spiro atoms. The van der Waals surface area contributed by atoms with Crippen LogP contribution in [0.2, 0.25) is 0 Å². The molecule has 0 radical (unpaired) electrons. The van der Waals surface area contributed by atoms with Crippen LogP contribution in [0.25, 0.3) is 5.57 Å². The summed E-state index contributed by atoms with van der Waals surface area (Å²) in [4.78, 5) is 33.8. The van der Waals surface area contributed by atoms with Crippen LogP contribution in [0.4, 0.5) is 17.2 Å². The summed E-state index contributed by atoms with van der Waals surface area (Å²) < 4.78 is 7.73. The van der Waals surface area contributed by atoms with E-state index in [9.17, 15) is 14.9 Å². The summed E-state index contributed by atoms with van der Waals surface area (Å²) in [5, 5.41) is 18.6. The maximum atomic E-state index is 12.2. The second-order valence-corrected chi connectivity index (χ2v) is 8.44. The zero-order valence-corrected chi connectivity index (χ0v) is 19.5. The summed E-state index contributed by atoms with van der Waals surface area (Å²) in [7, 11) is 2.10. The van der Waals surface area contributed by atoms with Crippen LogP contribution < -0.4 is 15.8 Å². The van der Waals surface area contributed by atoms with Crippen molar-refractivity contribution in [3.63, 3.8) is 0 Å². The number of allylic oxidation sites excluding steroid dienone is 1. The van der Waals surface area contributed by atoms with Gasteiger partial charge in [-0.1, -0.05) is 12.6 Å². The molecule has 0 saturated carbocycles. The molecule has 3 aromatic rings. The molecule has 3 heterocycles. The molecule has 1 amide bonds. The molecule has 1 fully saturated rings. The van der Waals surface area contributed by atoms with E-state index in [2.05, 4.69) is 38.9 Å². The topological polar surface area (TPSA) is 154 Å². The van der Waals surface area contributed by atoms with Gasteiger partial charge in [0.05, 0.1) is 28.9 Å². The Bertz CT molecular complexity index is 1280. The Kier molecular flexibility index (Phi) is 6.73. The van der Waals surface area contributed by atoms with Gasteiger partial charge in [-0.2, -0.15) is 10.1 Å². The second kappa shape index (κ2) is 9.89. The molecule has 4 rings (SSSR count). The van der Waals surface area contributed by atoms with Crippen molar-refractivity contribution in [2.75, 3.05) is 25.5 Å². The number of rotatable bonds is 8. The molecule has 3 N–H and O–H groups in total. The Hall–Kier alpha value is -4.32. The number of hydrogen-bond acceptors (Lipinski definition) is 9. The number of hydrogen-bond donors (Lipinski definition) is 2. The number of amides is 1. The van der Waals surface area contributed by atoms with Crippen molar-refractivity contribution in [2.45, 2.75) is 25.8 Å². The quantitative estimate of drug-likeness (QED) is 0.365. The van der Waals surface area contributed by atoms with E-state index in [1.165, 1.54) is 18.2 Å². The Balaban J connectivity index is 1.66. The van der Waals surface area contributed by atoms with Crippen LogP contribution in [-0.2, 0) is 0 Å². The van der Waals surface area contributed by atoms with Crippen molar-refractivity contribution in [3.8, 4) is 11.6 Å². The number of nitrogens with two attached hydrogens (primary N) is 1. The molecule has 12 heteroatoms. The number of ether oxygens (including phenoxy) is 1. The van der Waals surface area contributed by atoms with E-state index < -0.39 is 10.8 Å². The number of nitrogens with one attached hydrogen (secondary N) is 1. The number of primary amides is 1. The number of aromatic nitrogens is 4. The van der Waals surface area contributed by atoms with Crippen LogP contribution in [0.1, 0.15) is 42.0 Å². The van der Waals surface area contributed by atoms with E-state index in [0.29, 0.717) is 11.3 Å². The van der Waals surface area contributed by atoms with E-state index >= 15 is 0 Å². The molecule has 182 valence electrons. The lowest BCUT2D eigenvalue weighted by atomic mass is 10.1. The van der Waals surface area contributed by atoms with Crippen molar-refractivity contribution < 1.29 is 14.5 Å². The Morgan fingerprint density at radius 2 is 2.03 bits per heavy atom. The number of anilines is 2. The molecule has 1 aromatic carbocycles. The van der Waals surface area contributed by atoms with E-state index in [0.717, 1.165) is 25.9 Å². The molecule has 0 aliphatic carbocycles. The van der Waals surface area contributed by atoms with Gasteiger partial charge in [-0.05, 0) is 51.5 Å². The lowest BCUT2D eigenvalue weighted by Crippen LogP contribution is -2.31. The highest BCUT2D eigenvalue weighted by molar-refractivity contribution is 5.96. The first-order valence-corrected chi connectivity index (χ1v) is 11.0. The highest BCUT2D eigenvalue weighted by atomic mass is 16.6. The smallest absolute Gasteiger partial charge is 0.273 e. The molecular weight excluding hydrogens is 452 g/mol. The number of non-ortho nitro benzene ring substituents is 1. The predicted molar refractivity (Wildman–Crippen MR) is 130 cm³/mol. The van der Waals surface area contributed by atoms with Crippen molar-refractivity contribution in [3.05, 3.63) is 64.7 Å². The summed E-state index contributed by atoms with van der Waals surface area (Å²) in [5.41, 5.74) is 6.62. The summed E-state index contributed by atoms with van der Waals surface area (Å²) in [6.07, 6.45) is 5.45. The fourth-order valence-electron chi connectivity index (χ4n) is 3.80. The second-order valence-electron chi connectivity index (χ2n) is 8.44. The van der Waals surface area contributed by atoms with Gasteiger partial charge in [-0.25, -0.2) is 4.98 Å². The number of carbonyl (C=O) groups is 1. The zero-order chi connectivity index (χ0) is 25.1. The summed E-state index contributed by atoms with van der Waals surface area (Å²) in [5.74, 6) is -0.505. The maximum absolute atomic E-state index is 12.2. The highest BCUT2D eigenvalue weighted by Gasteiger charge is 2.22. The maximum Gasteiger partial charge on any atom is 0.273 e. The third kappa shape index (κ3) is 5.44. The fourth-order valence-corrected chi connectivity index (χ4v) is 3.80. The molecule has 0 unspecified atom stereocenters. The third-order valence-corrected chi connectivity index (χ3v) is 5.67. The van der Waals surface area contributed by atoms with E-state index in [4.69, 9.17) is 10.5 Å². The van der Waals surface area contributed by atoms with Crippen LogP contribution in [0, 0.1) is 10.1 Å². The average molecular weight is 479 g/mol. The number of benzene rings is 1. The van der Waals surface area contributed by atoms with Gasteiger partial charge in [0.15, 0.2) is 11.5 Å². The number of carbonyl (C=O) groups excluding carboxylic acids is 1. The minimum Gasteiger partial charge on any atom is -0.437 e. The van der Waals surface area contributed by atoms with Gasteiger partial charge in [0.25, 0.3) is 11.6 Å². The van der Waals surface area contributed by atoms with E-state index in [1.807, 2.05) is 10.9 Å². The average Bonchev–Trinajstić information content (AvgIpc) is 3.28. The largest absolute Gasteiger partial charge is 0.437 e. The molecule has 1 aliphatic heterocycles. The molecule has 12 nitrogen and oxygen atoms in total. The first-order valence-electron chi connectivity index (χ1n) is 11.0. The number of nitro benzene ring substituents is 1. The highest BCUT2D eigenvalue weighted by Crippen LogP contribution is 2.32. The van der Waals surface area contributed by atoms with Gasteiger partial charge in [-0.3, -0.25) is 19.6 Å².